The number of carbonyl (C=O) groups is 2. The van der Waals surface area contributed by atoms with Crippen molar-refractivity contribution in [3.63, 3.8) is 0 Å². The van der Waals surface area contributed by atoms with Gasteiger partial charge < -0.3 is 14.5 Å². The smallest absolute Gasteiger partial charge is 0.274 e. The Morgan fingerprint density at radius 1 is 1.21 bits per heavy atom. The molecule has 28 heavy (non-hydrogen) atoms. The molecule has 3 fully saturated rings. The van der Waals surface area contributed by atoms with Crippen LogP contribution in [-0.2, 0) is 16.0 Å². The van der Waals surface area contributed by atoms with Crippen molar-refractivity contribution in [2.75, 3.05) is 59.0 Å². The zero-order valence-corrected chi connectivity index (χ0v) is 16.8. The molecule has 0 aromatic carbocycles. The van der Waals surface area contributed by atoms with Crippen LogP contribution in [0.1, 0.15) is 42.4 Å². The van der Waals surface area contributed by atoms with Gasteiger partial charge in [0.25, 0.3) is 5.91 Å². The van der Waals surface area contributed by atoms with Gasteiger partial charge in [-0.05, 0) is 25.3 Å². The number of H-pyrrole nitrogens is 1. The van der Waals surface area contributed by atoms with Crippen LogP contribution in [0, 0.1) is 5.41 Å². The molecule has 3 aliphatic heterocycles. The number of hydrogen-bond donors (Lipinski definition) is 1. The van der Waals surface area contributed by atoms with Crippen molar-refractivity contribution in [1.29, 1.82) is 0 Å². The van der Waals surface area contributed by atoms with E-state index < -0.39 is 0 Å². The van der Waals surface area contributed by atoms with E-state index in [0.717, 1.165) is 77.3 Å². The van der Waals surface area contributed by atoms with Crippen LogP contribution in [0.4, 0.5) is 0 Å². The molecule has 154 valence electrons. The molecule has 1 atom stereocenters. The van der Waals surface area contributed by atoms with Crippen molar-refractivity contribution < 1.29 is 14.3 Å². The molecule has 8 heteroatoms. The summed E-state index contributed by atoms with van der Waals surface area (Å²) in [7, 11) is 0. The lowest BCUT2D eigenvalue weighted by Gasteiger charge is -2.29. The summed E-state index contributed by atoms with van der Waals surface area (Å²) in [5, 5.41) is 7.13. The molecule has 1 N–H and O–H groups in total. The van der Waals surface area contributed by atoms with E-state index in [1.54, 1.807) is 0 Å². The third-order valence-electron chi connectivity index (χ3n) is 6.40. The Hall–Kier alpha value is -1.93. The van der Waals surface area contributed by atoms with E-state index in [9.17, 15) is 9.59 Å². The molecule has 4 heterocycles. The monoisotopic (exact) mass is 389 g/mol. The van der Waals surface area contributed by atoms with E-state index in [-0.39, 0.29) is 17.2 Å². The highest BCUT2D eigenvalue weighted by molar-refractivity contribution is 5.94. The number of rotatable bonds is 6. The minimum absolute atomic E-state index is 0.0601. The fourth-order valence-corrected chi connectivity index (χ4v) is 4.65. The van der Waals surface area contributed by atoms with E-state index in [0.29, 0.717) is 18.8 Å². The lowest BCUT2D eigenvalue weighted by Crippen LogP contribution is -2.43. The van der Waals surface area contributed by atoms with Crippen LogP contribution < -0.4 is 0 Å². The maximum Gasteiger partial charge on any atom is 0.274 e. The van der Waals surface area contributed by atoms with Gasteiger partial charge in [-0.1, -0.05) is 13.3 Å². The topological polar surface area (TPSA) is 81.8 Å². The van der Waals surface area contributed by atoms with Crippen LogP contribution in [0.15, 0.2) is 6.07 Å². The lowest BCUT2D eigenvalue weighted by molar-refractivity contribution is -0.135. The summed E-state index contributed by atoms with van der Waals surface area (Å²) in [4.78, 5) is 32.1. The first-order valence-corrected chi connectivity index (χ1v) is 10.5. The molecule has 0 aliphatic carbocycles. The lowest BCUT2D eigenvalue weighted by atomic mass is 9.85. The first-order chi connectivity index (χ1) is 13.6. The molecule has 3 aliphatic rings. The number of amides is 2. The second kappa shape index (κ2) is 8.21. The Kier molecular flexibility index (Phi) is 5.68. The summed E-state index contributed by atoms with van der Waals surface area (Å²) in [6.07, 6.45) is 3.51. The Balaban J connectivity index is 1.33. The van der Waals surface area contributed by atoms with E-state index in [4.69, 9.17) is 4.74 Å². The van der Waals surface area contributed by atoms with E-state index >= 15 is 0 Å². The summed E-state index contributed by atoms with van der Waals surface area (Å²) >= 11 is 0. The summed E-state index contributed by atoms with van der Waals surface area (Å²) in [5.74, 6) is 0.166. The van der Waals surface area contributed by atoms with Crippen LogP contribution >= 0.6 is 0 Å². The standard InChI is InChI=1S/C20H31N5O3/c1-2-3-16-14-17(22-21-16)18(26)25-7-5-20(15-25)4-6-24(19(20)27)9-8-23-10-12-28-13-11-23/h14H,2-13,15H2,1H3,(H,21,22). The number of aromatic nitrogens is 2. The van der Waals surface area contributed by atoms with Crippen LogP contribution in [0.5, 0.6) is 0 Å². The van der Waals surface area contributed by atoms with Gasteiger partial charge in [0, 0.05) is 51.5 Å². The highest BCUT2D eigenvalue weighted by Gasteiger charge is 2.51. The molecule has 3 saturated heterocycles. The molecule has 0 radical (unpaired) electrons. The number of likely N-dealkylation sites (tertiary alicyclic amines) is 2. The van der Waals surface area contributed by atoms with E-state index in [2.05, 4.69) is 22.0 Å². The number of nitrogens with one attached hydrogen (secondary N) is 1. The van der Waals surface area contributed by atoms with Crippen LogP contribution in [0.2, 0.25) is 0 Å². The second-order valence-electron chi connectivity index (χ2n) is 8.28. The van der Waals surface area contributed by atoms with Crippen molar-refractivity contribution in [1.82, 2.24) is 24.9 Å². The molecule has 0 bridgehead atoms. The fraction of sp³-hybridized carbons (Fsp3) is 0.750. The summed E-state index contributed by atoms with van der Waals surface area (Å²) < 4.78 is 5.39. The molecule has 2 amide bonds. The molecule has 0 saturated carbocycles. The predicted molar refractivity (Wildman–Crippen MR) is 104 cm³/mol. The van der Waals surface area contributed by atoms with Gasteiger partial charge in [-0.25, -0.2) is 0 Å². The average molecular weight is 390 g/mol. The van der Waals surface area contributed by atoms with Crippen molar-refractivity contribution in [2.24, 2.45) is 5.41 Å². The number of aryl methyl sites for hydroxylation is 1. The third-order valence-corrected chi connectivity index (χ3v) is 6.40. The minimum atomic E-state index is -0.386. The number of carbonyl (C=O) groups excluding carboxylic acids is 2. The maximum absolute atomic E-state index is 13.1. The normalized spacial score (nSPS) is 26.0. The van der Waals surface area contributed by atoms with Gasteiger partial charge in [-0.2, -0.15) is 5.10 Å². The number of aromatic amines is 1. The number of hydrogen-bond acceptors (Lipinski definition) is 5. The minimum Gasteiger partial charge on any atom is -0.379 e. The molecular formula is C20H31N5O3. The number of nitrogens with zero attached hydrogens (tertiary/aromatic N) is 4. The Bertz CT molecular complexity index is 714. The first kappa shape index (κ1) is 19.4. The molecule has 1 aromatic heterocycles. The molecule has 1 aromatic rings. The van der Waals surface area contributed by atoms with Crippen molar-refractivity contribution in [3.8, 4) is 0 Å². The second-order valence-corrected chi connectivity index (χ2v) is 8.28. The zero-order valence-electron chi connectivity index (χ0n) is 16.8. The van der Waals surface area contributed by atoms with E-state index in [1.807, 2.05) is 15.9 Å². The summed E-state index contributed by atoms with van der Waals surface area (Å²) in [6.45, 7) is 9.18. The van der Waals surface area contributed by atoms with Gasteiger partial charge in [0.2, 0.25) is 5.91 Å². The highest BCUT2D eigenvalue weighted by atomic mass is 16.5. The third kappa shape index (κ3) is 3.80. The van der Waals surface area contributed by atoms with Crippen LogP contribution in [0.25, 0.3) is 0 Å². The average Bonchev–Trinajstić information content (AvgIpc) is 3.43. The Morgan fingerprint density at radius 2 is 2.00 bits per heavy atom. The molecular weight excluding hydrogens is 358 g/mol. The van der Waals surface area contributed by atoms with Gasteiger partial charge in [0.1, 0.15) is 5.69 Å². The predicted octanol–water partition coefficient (Wildman–Crippen LogP) is 0.759. The van der Waals surface area contributed by atoms with Crippen molar-refractivity contribution >= 4 is 11.8 Å². The first-order valence-electron chi connectivity index (χ1n) is 10.5. The molecule has 1 spiro atoms. The number of morpholine rings is 1. The van der Waals surface area contributed by atoms with Gasteiger partial charge in [0.15, 0.2) is 0 Å². The van der Waals surface area contributed by atoms with Crippen LogP contribution in [-0.4, -0.2) is 95.7 Å². The summed E-state index contributed by atoms with van der Waals surface area (Å²) in [6, 6.07) is 1.85. The SMILES string of the molecule is CCCc1cc(C(=O)N2CCC3(CCN(CCN4CCOCC4)C3=O)C2)n[nH]1. The molecule has 4 rings (SSSR count). The quantitative estimate of drug-likeness (QED) is 0.777. The van der Waals surface area contributed by atoms with Gasteiger partial charge >= 0.3 is 0 Å². The van der Waals surface area contributed by atoms with Gasteiger partial charge in [-0.3, -0.25) is 19.6 Å². The highest BCUT2D eigenvalue weighted by Crippen LogP contribution is 2.41. The fourth-order valence-electron chi connectivity index (χ4n) is 4.65. The van der Waals surface area contributed by atoms with Crippen molar-refractivity contribution in [2.45, 2.75) is 32.6 Å². The number of ether oxygens (including phenoxy) is 1. The van der Waals surface area contributed by atoms with Gasteiger partial charge in [-0.15, -0.1) is 0 Å². The Morgan fingerprint density at radius 3 is 2.79 bits per heavy atom. The van der Waals surface area contributed by atoms with Crippen molar-refractivity contribution in [3.05, 3.63) is 17.5 Å². The maximum atomic E-state index is 13.1. The van der Waals surface area contributed by atoms with Gasteiger partial charge in [0.05, 0.1) is 18.6 Å². The van der Waals surface area contributed by atoms with E-state index in [1.165, 1.54) is 0 Å². The Labute approximate surface area is 166 Å². The molecule has 8 nitrogen and oxygen atoms in total. The summed E-state index contributed by atoms with van der Waals surface area (Å²) in [5.41, 5.74) is 1.07. The van der Waals surface area contributed by atoms with Crippen LogP contribution in [0.3, 0.4) is 0 Å². The molecule has 1 unspecified atom stereocenters. The zero-order chi connectivity index (χ0) is 19.6. The largest absolute Gasteiger partial charge is 0.379 e.